The molecule has 0 radical (unpaired) electrons. The van der Waals surface area contributed by atoms with E-state index in [1.54, 1.807) is 12.1 Å². The Morgan fingerprint density at radius 3 is 2.59 bits per heavy atom. The second-order valence-corrected chi connectivity index (χ2v) is 6.05. The second kappa shape index (κ2) is 6.31. The number of thioether (sulfide) groups is 1. The minimum atomic E-state index is 0.346. The van der Waals surface area contributed by atoms with Crippen LogP contribution in [0, 0.1) is 0 Å². The Labute approximate surface area is 108 Å². The van der Waals surface area contributed by atoms with Gasteiger partial charge in [-0.25, -0.2) is 0 Å². The monoisotopic (exact) mass is 251 g/mol. The van der Waals surface area contributed by atoms with Gasteiger partial charge in [0.25, 0.3) is 0 Å². The average molecular weight is 251 g/mol. The first-order valence-corrected chi connectivity index (χ1v) is 7.51. The summed E-state index contributed by atoms with van der Waals surface area (Å²) in [6.07, 6.45) is 3.62. The highest BCUT2D eigenvalue weighted by Gasteiger charge is 2.15. The number of phenols is 1. The zero-order chi connectivity index (χ0) is 12.1. The van der Waals surface area contributed by atoms with Gasteiger partial charge in [-0.05, 0) is 55.4 Å². The fraction of sp³-hybridized carbons (Fsp3) is 0.571. The zero-order valence-electron chi connectivity index (χ0n) is 10.4. The average Bonchev–Trinajstić information content (AvgIpc) is 2.33. The lowest BCUT2D eigenvalue weighted by Crippen LogP contribution is -2.39. The van der Waals surface area contributed by atoms with Gasteiger partial charge in [0.05, 0.1) is 0 Å². The van der Waals surface area contributed by atoms with Gasteiger partial charge in [0.1, 0.15) is 5.75 Å². The van der Waals surface area contributed by atoms with E-state index in [9.17, 15) is 5.11 Å². The highest BCUT2D eigenvalue weighted by atomic mass is 32.2. The van der Waals surface area contributed by atoms with Crippen molar-refractivity contribution in [1.82, 2.24) is 5.32 Å². The van der Waals surface area contributed by atoms with Gasteiger partial charge < -0.3 is 10.4 Å². The molecule has 0 aliphatic carbocycles. The van der Waals surface area contributed by atoms with Crippen LogP contribution in [0.2, 0.25) is 0 Å². The Bertz CT molecular complexity index is 333. The number of aromatic hydroxyl groups is 1. The number of phenolic OH excluding ortho intramolecular Hbond substituents is 1. The SMILES string of the molecule is CC(Cc1ccc(O)cc1)NC1CCSCC1. The fourth-order valence-electron chi connectivity index (χ4n) is 2.31. The molecule has 1 aliphatic heterocycles. The van der Waals surface area contributed by atoms with Crippen LogP contribution < -0.4 is 5.32 Å². The molecule has 1 unspecified atom stereocenters. The summed E-state index contributed by atoms with van der Waals surface area (Å²) >= 11 is 2.06. The van der Waals surface area contributed by atoms with Crippen LogP contribution in [0.15, 0.2) is 24.3 Å². The Morgan fingerprint density at radius 2 is 1.94 bits per heavy atom. The van der Waals surface area contributed by atoms with E-state index in [1.165, 1.54) is 29.9 Å². The largest absolute Gasteiger partial charge is 0.508 e. The van der Waals surface area contributed by atoms with Crippen molar-refractivity contribution in [3.05, 3.63) is 29.8 Å². The summed E-state index contributed by atoms with van der Waals surface area (Å²) < 4.78 is 0. The molecule has 1 aromatic rings. The van der Waals surface area contributed by atoms with Crippen molar-refractivity contribution in [2.75, 3.05) is 11.5 Å². The van der Waals surface area contributed by atoms with Crippen molar-refractivity contribution in [2.24, 2.45) is 0 Å². The maximum absolute atomic E-state index is 9.23. The molecule has 1 aliphatic rings. The minimum Gasteiger partial charge on any atom is -0.508 e. The van der Waals surface area contributed by atoms with Crippen molar-refractivity contribution in [3.63, 3.8) is 0 Å². The van der Waals surface area contributed by atoms with Crippen LogP contribution in [0.4, 0.5) is 0 Å². The van der Waals surface area contributed by atoms with Crippen molar-refractivity contribution in [1.29, 1.82) is 0 Å². The highest BCUT2D eigenvalue weighted by Crippen LogP contribution is 2.18. The smallest absolute Gasteiger partial charge is 0.115 e. The van der Waals surface area contributed by atoms with Crippen LogP contribution >= 0.6 is 11.8 Å². The van der Waals surface area contributed by atoms with Crippen LogP contribution in [0.25, 0.3) is 0 Å². The lowest BCUT2D eigenvalue weighted by molar-refractivity contribution is 0.421. The molecule has 1 aromatic carbocycles. The minimum absolute atomic E-state index is 0.346. The fourth-order valence-corrected chi connectivity index (χ4v) is 3.42. The normalized spacial score (nSPS) is 19.1. The molecule has 0 saturated carbocycles. The number of hydrogen-bond donors (Lipinski definition) is 2. The molecule has 2 rings (SSSR count). The van der Waals surface area contributed by atoms with Crippen molar-refractivity contribution < 1.29 is 5.11 Å². The summed E-state index contributed by atoms with van der Waals surface area (Å²) in [6, 6.07) is 8.74. The quantitative estimate of drug-likeness (QED) is 0.863. The van der Waals surface area contributed by atoms with Crippen molar-refractivity contribution >= 4 is 11.8 Å². The standard InChI is InChI=1S/C14H21NOS/c1-11(15-13-6-8-17-9-7-13)10-12-2-4-14(16)5-3-12/h2-5,11,13,15-16H,6-10H2,1H3. The van der Waals surface area contributed by atoms with Crippen LogP contribution in [0.3, 0.4) is 0 Å². The first kappa shape index (κ1) is 12.8. The van der Waals surface area contributed by atoms with Gasteiger partial charge in [-0.1, -0.05) is 12.1 Å². The van der Waals surface area contributed by atoms with E-state index in [0.717, 1.165) is 6.42 Å². The third-order valence-electron chi connectivity index (χ3n) is 3.22. The molecular weight excluding hydrogens is 230 g/mol. The van der Waals surface area contributed by atoms with E-state index in [0.29, 0.717) is 17.8 Å². The molecule has 0 aromatic heterocycles. The maximum Gasteiger partial charge on any atom is 0.115 e. The molecule has 1 saturated heterocycles. The Hall–Kier alpha value is -0.670. The lowest BCUT2D eigenvalue weighted by atomic mass is 10.0. The van der Waals surface area contributed by atoms with Gasteiger partial charge in [-0.2, -0.15) is 11.8 Å². The van der Waals surface area contributed by atoms with Crippen LogP contribution in [-0.4, -0.2) is 28.7 Å². The van der Waals surface area contributed by atoms with Gasteiger partial charge in [-0.3, -0.25) is 0 Å². The summed E-state index contributed by atoms with van der Waals surface area (Å²) in [7, 11) is 0. The topological polar surface area (TPSA) is 32.3 Å². The third kappa shape index (κ3) is 4.25. The maximum atomic E-state index is 9.23. The van der Waals surface area contributed by atoms with E-state index < -0.39 is 0 Å². The molecule has 0 spiro atoms. The van der Waals surface area contributed by atoms with E-state index in [2.05, 4.69) is 24.0 Å². The molecule has 94 valence electrons. The molecule has 1 atom stereocenters. The third-order valence-corrected chi connectivity index (χ3v) is 4.27. The van der Waals surface area contributed by atoms with Gasteiger partial charge in [0, 0.05) is 12.1 Å². The molecule has 1 heterocycles. The van der Waals surface area contributed by atoms with Gasteiger partial charge in [0.15, 0.2) is 0 Å². The van der Waals surface area contributed by atoms with Gasteiger partial charge in [0.2, 0.25) is 0 Å². The number of nitrogens with one attached hydrogen (secondary N) is 1. The second-order valence-electron chi connectivity index (χ2n) is 4.82. The summed E-state index contributed by atoms with van der Waals surface area (Å²) in [5.41, 5.74) is 1.29. The van der Waals surface area contributed by atoms with Crippen LogP contribution in [-0.2, 0) is 6.42 Å². The Kier molecular flexibility index (Phi) is 4.75. The van der Waals surface area contributed by atoms with E-state index in [-0.39, 0.29) is 0 Å². The molecule has 1 fully saturated rings. The molecule has 2 N–H and O–H groups in total. The van der Waals surface area contributed by atoms with E-state index >= 15 is 0 Å². The van der Waals surface area contributed by atoms with Crippen LogP contribution in [0.1, 0.15) is 25.3 Å². The molecule has 0 bridgehead atoms. The first-order chi connectivity index (χ1) is 8.24. The van der Waals surface area contributed by atoms with Gasteiger partial charge >= 0.3 is 0 Å². The lowest BCUT2D eigenvalue weighted by Gasteiger charge is -2.26. The molecule has 2 nitrogen and oxygen atoms in total. The van der Waals surface area contributed by atoms with Crippen molar-refractivity contribution in [3.8, 4) is 5.75 Å². The first-order valence-electron chi connectivity index (χ1n) is 6.36. The van der Waals surface area contributed by atoms with E-state index in [1.807, 2.05) is 12.1 Å². The zero-order valence-corrected chi connectivity index (χ0v) is 11.2. The number of hydrogen-bond acceptors (Lipinski definition) is 3. The molecular formula is C14H21NOS. The molecule has 0 amide bonds. The highest BCUT2D eigenvalue weighted by molar-refractivity contribution is 7.99. The predicted octanol–water partition coefficient (Wildman–Crippen LogP) is 2.81. The summed E-state index contributed by atoms with van der Waals surface area (Å²) in [6.45, 7) is 2.24. The van der Waals surface area contributed by atoms with E-state index in [4.69, 9.17) is 0 Å². The number of benzene rings is 1. The molecule has 17 heavy (non-hydrogen) atoms. The Balaban J connectivity index is 1.79. The predicted molar refractivity (Wildman–Crippen MR) is 74.8 cm³/mol. The summed E-state index contributed by atoms with van der Waals surface area (Å²) in [5.74, 6) is 2.94. The summed E-state index contributed by atoms with van der Waals surface area (Å²) in [5, 5.41) is 12.9. The molecule has 3 heteroatoms. The summed E-state index contributed by atoms with van der Waals surface area (Å²) in [4.78, 5) is 0. The van der Waals surface area contributed by atoms with Crippen molar-refractivity contribution in [2.45, 2.75) is 38.3 Å². The van der Waals surface area contributed by atoms with Gasteiger partial charge in [-0.15, -0.1) is 0 Å². The van der Waals surface area contributed by atoms with Crippen LogP contribution in [0.5, 0.6) is 5.75 Å². The number of rotatable bonds is 4. The Morgan fingerprint density at radius 1 is 1.29 bits per heavy atom.